The van der Waals surface area contributed by atoms with Gasteiger partial charge < -0.3 is 11.1 Å². The van der Waals surface area contributed by atoms with Gasteiger partial charge in [-0.1, -0.05) is 0 Å². The zero-order chi connectivity index (χ0) is 12.3. The maximum absolute atomic E-state index is 12.7. The van der Waals surface area contributed by atoms with Gasteiger partial charge in [-0.3, -0.25) is 9.69 Å². The van der Waals surface area contributed by atoms with Crippen molar-refractivity contribution in [2.24, 2.45) is 5.73 Å². The number of likely N-dealkylation sites (tertiary alicyclic amines) is 1. The van der Waals surface area contributed by atoms with Crippen LogP contribution in [0.1, 0.15) is 6.42 Å². The summed E-state index contributed by atoms with van der Waals surface area (Å²) in [5.41, 5.74) is 6.37. The third-order valence-electron chi connectivity index (χ3n) is 2.80. The number of anilines is 1. The predicted octanol–water partition coefficient (Wildman–Crippen LogP) is 1.22. The summed E-state index contributed by atoms with van der Waals surface area (Å²) >= 11 is 0. The van der Waals surface area contributed by atoms with Crippen LogP contribution >= 0.6 is 12.4 Å². The molecule has 1 heterocycles. The van der Waals surface area contributed by atoms with E-state index < -0.39 is 0 Å². The average molecular weight is 274 g/mol. The minimum Gasteiger partial charge on any atom is -0.326 e. The van der Waals surface area contributed by atoms with Crippen molar-refractivity contribution >= 4 is 24.0 Å². The van der Waals surface area contributed by atoms with Gasteiger partial charge in [-0.15, -0.1) is 12.4 Å². The Labute approximate surface area is 112 Å². The normalized spacial score (nSPS) is 19.3. The summed E-state index contributed by atoms with van der Waals surface area (Å²) in [5.74, 6) is -0.403. The Hall–Kier alpha value is -1.17. The third-order valence-corrected chi connectivity index (χ3v) is 2.80. The number of nitrogens with one attached hydrogen (secondary N) is 1. The molecule has 1 aromatic carbocycles. The van der Waals surface area contributed by atoms with E-state index in [0.717, 1.165) is 19.5 Å². The Morgan fingerprint density at radius 3 is 2.67 bits per heavy atom. The van der Waals surface area contributed by atoms with Crippen LogP contribution in [0.2, 0.25) is 0 Å². The first-order valence-corrected chi connectivity index (χ1v) is 5.67. The second-order valence-electron chi connectivity index (χ2n) is 4.34. The lowest BCUT2D eigenvalue weighted by Gasteiger charge is -2.14. The summed E-state index contributed by atoms with van der Waals surface area (Å²) in [7, 11) is 0. The van der Waals surface area contributed by atoms with Gasteiger partial charge in [0.2, 0.25) is 5.91 Å². The number of nitrogens with two attached hydrogens (primary N) is 1. The summed E-state index contributed by atoms with van der Waals surface area (Å²) in [6, 6.07) is 5.91. The molecular weight excluding hydrogens is 257 g/mol. The second-order valence-corrected chi connectivity index (χ2v) is 4.34. The molecule has 1 aromatic rings. The van der Waals surface area contributed by atoms with Crippen LogP contribution in [0.15, 0.2) is 24.3 Å². The van der Waals surface area contributed by atoms with E-state index in [1.54, 1.807) is 12.1 Å². The van der Waals surface area contributed by atoms with Gasteiger partial charge in [-0.25, -0.2) is 4.39 Å². The minimum atomic E-state index is -0.312. The van der Waals surface area contributed by atoms with Crippen molar-refractivity contribution in [1.29, 1.82) is 0 Å². The molecule has 1 saturated heterocycles. The first-order chi connectivity index (χ1) is 8.13. The molecule has 100 valence electrons. The molecule has 0 radical (unpaired) electrons. The van der Waals surface area contributed by atoms with Crippen LogP contribution in [0.3, 0.4) is 0 Å². The van der Waals surface area contributed by atoms with Gasteiger partial charge in [0, 0.05) is 24.8 Å². The molecule has 1 fully saturated rings. The number of carbonyl (C=O) groups excluding carboxylic acids is 1. The Bertz CT molecular complexity index is 399. The van der Waals surface area contributed by atoms with Crippen LogP contribution < -0.4 is 11.1 Å². The Balaban J connectivity index is 0.00000162. The molecule has 6 heteroatoms. The zero-order valence-corrected chi connectivity index (χ0v) is 10.8. The van der Waals surface area contributed by atoms with Gasteiger partial charge in [-0.05, 0) is 30.7 Å². The van der Waals surface area contributed by atoms with Crippen LogP contribution in [0.4, 0.5) is 10.1 Å². The number of rotatable bonds is 3. The first kappa shape index (κ1) is 14.9. The molecule has 0 spiro atoms. The number of nitrogens with zero attached hydrogens (tertiary/aromatic N) is 1. The van der Waals surface area contributed by atoms with Crippen LogP contribution in [-0.4, -0.2) is 36.5 Å². The van der Waals surface area contributed by atoms with Gasteiger partial charge in [0.05, 0.1) is 6.54 Å². The quantitative estimate of drug-likeness (QED) is 0.871. The van der Waals surface area contributed by atoms with Gasteiger partial charge in [-0.2, -0.15) is 0 Å². The van der Waals surface area contributed by atoms with Crippen molar-refractivity contribution in [2.45, 2.75) is 12.5 Å². The van der Waals surface area contributed by atoms with E-state index in [9.17, 15) is 9.18 Å². The van der Waals surface area contributed by atoms with Gasteiger partial charge in [0.15, 0.2) is 0 Å². The number of halogens is 2. The molecule has 1 aliphatic rings. The van der Waals surface area contributed by atoms with Crippen LogP contribution in [0.25, 0.3) is 0 Å². The zero-order valence-electron chi connectivity index (χ0n) is 9.93. The fourth-order valence-corrected chi connectivity index (χ4v) is 1.94. The molecule has 3 N–H and O–H groups in total. The van der Waals surface area contributed by atoms with Crippen LogP contribution in [-0.2, 0) is 4.79 Å². The molecular formula is C12H17ClFN3O. The Kier molecular flexibility index (Phi) is 5.53. The summed E-state index contributed by atoms with van der Waals surface area (Å²) in [5, 5.41) is 2.72. The second kappa shape index (κ2) is 6.68. The largest absolute Gasteiger partial charge is 0.326 e. The molecule has 18 heavy (non-hydrogen) atoms. The van der Waals surface area contributed by atoms with Crippen molar-refractivity contribution in [3.63, 3.8) is 0 Å². The van der Waals surface area contributed by atoms with E-state index in [1.807, 2.05) is 4.90 Å². The van der Waals surface area contributed by atoms with Crippen molar-refractivity contribution in [2.75, 3.05) is 25.0 Å². The molecule has 0 bridgehead atoms. The van der Waals surface area contributed by atoms with Gasteiger partial charge in [0.1, 0.15) is 5.82 Å². The summed E-state index contributed by atoms with van der Waals surface area (Å²) in [4.78, 5) is 13.7. The van der Waals surface area contributed by atoms with Gasteiger partial charge >= 0.3 is 0 Å². The summed E-state index contributed by atoms with van der Waals surface area (Å²) < 4.78 is 12.7. The predicted molar refractivity (Wildman–Crippen MR) is 71.3 cm³/mol. The minimum absolute atomic E-state index is 0. The average Bonchev–Trinajstić information content (AvgIpc) is 2.67. The lowest BCUT2D eigenvalue weighted by molar-refractivity contribution is -0.117. The van der Waals surface area contributed by atoms with Crippen molar-refractivity contribution in [1.82, 2.24) is 4.90 Å². The summed E-state index contributed by atoms with van der Waals surface area (Å²) in [6.07, 6.45) is 0.934. The fourth-order valence-electron chi connectivity index (χ4n) is 1.94. The Morgan fingerprint density at radius 1 is 1.44 bits per heavy atom. The van der Waals surface area contributed by atoms with Crippen LogP contribution in [0, 0.1) is 5.82 Å². The van der Waals surface area contributed by atoms with Crippen molar-refractivity contribution in [3.05, 3.63) is 30.1 Å². The molecule has 0 aliphatic carbocycles. The highest BCUT2D eigenvalue weighted by Gasteiger charge is 2.20. The SMILES string of the molecule is Cl.N[C@@H]1CCN(CC(=O)Nc2ccc(F)cc2)C1. The topological polar surface area (TPSA) is 58.4 Å². The Morgan fingerprint density at radius 2 is 2.11 bits per heavy atom. The maximum atomic E-state index is 12.7. The van der Waals surface area contributed by atoms with E-state index in [1.165, 1.54) is 12.1 Å². The molecule has 2 rings (SSSR count). The van der Waals surface area contributed by atoms with E-state index in [2.05, 4.69) is 5.32 Å². The summed E-state index contributed by atoms with van der Waals surface area (Å²) in [6.45, 7) is 1.96. The lowest BCUT2D eigenvalue weighted by atomic mass is 10.3. The maximum Gasteiger partial charge on any atom is 0.238 e. The number of hydrogen-bond acceptors (Lipinski definition) is 3. The monoisotopic (exact) mass is 273 g/mol. The third kappa shape index (κ3) is 4.25. The number of hydrogen-bond donors (Lipinski definition) is 2. The molecule has 0 unspecified atom stereocenters. The molecule has 1 atom stereocenters. The van der Waals surface area contributed by atoms with E-state index >= 15 is 0 Å². The fraction of sp³-hybridized carbons (Fsp3) is 0.417. The highest BCUT2D eigenvalue weighted by atomic mass is 35.5. The van der Waals surface area contributed by atoms with Crippen LogP contribution in [0.5, 0.6) is 0 Å². The van der Waals surface area contributed by atoms with E-state index in [-0.39, 0.29) is 30.2 Å². The molecule has 0 saturated carbocycles. The number of carbonyl (C=O) groups is 1. The molecule has 0 aromatic heterocycles. The van der Waals surface area contributed by atoms with Crippen molar-refractivity contribution in [3.8, 4) is 0 Å². The molecule has 4 nitrogen and oxygen atoms in total. The van der Waals surface area contributed by atoms with E-state index in [0.29, 0.717) is 12.2 Å². The van der Waals surface area contributed by atoms with Gasteiger partial charge in [0.25, 0.3) is 0 Å². The highest BCUT2D eigenvalue weighted by Crippen LogP contribution is 2.10. The lowest BCUT2D eigenvalue weighted by Crippen LogP contribution is -2.33. The highest BCUT2D eigenvalue weighted by molar-refractivity contribution is 5.92. The molecule has 1 amide bonds. The van der Waals surface area contributed by atoms with Crippen molar-refractivity contribution < 1.29 is 9.18 Å². The number of amides is 1. The smallest absolute Gasteiger partial charge is 0.238 e. The first-order valence-electron chi connectivity index (χ1n) is 5.67. The standard InChI is InChI=1S/C12H16FN3O.ClH/c13-9-1-3-11(4-2-9)15-12(17)8-16-6-5-10(14)7-16;/h1-4,10H,5-8,14H2,(H,15,17);1H/t10-;/m1./s1. The molecule has 1 aliphatic heterocycles. The number of benzene rings is 1. The van der Waals surface area contributed by atoms with E-state index in [4.69, 9.17) is 5.73 Å².